The molecular weight excluding hydrogens is 284 g/mol. The Morgan fingerprint density at radius 2 is 2.27 bits per heavy atom. The summed E-state index contributed by atoms with van der Waals surface area (Å²) in [6.45, 7) is 5.16. The number of hydrogen-bond acceptors (Lipinski definition) is 6. The van der Waals surface area contributed by atoms with E-state index in [4.69, 9.17) is 8.94 Å². The fraction of sp³-hybridized carbons (Fsp3) is 0.533. The zero-order valence-corrected chi connectivity index (χ0v) is 12.6. The molecule has 1 saturated heterocycles. The van der Waals surface area contributed by atoms with E-state index in [1.807, 2.05) is 6.92 Å². The van der Waals surface area contributed by atoms with Crippen molar-refractivity contribution < 1.29 is 13.7 Å². The Balaban J connectivity index is 1.39. The van der Waals surface area contributed by atoms with E-state index in [1.165, 1.54) is 6.26 Å². The molecule has 3 rings (SSSR count). The molecule has 0 aliphatic carbocycles. The van der Waals surface area contributed by atoms with Gasteiger partial charge >= 0.3 is 0 Å². The largest absolute Gasteiger partial charge is 0.459 e. The predicted octanol–water partition coefficient (Wildman–Crippen LogP) is 1.61. The standard InChI is InChI=1S/C15H20N4O3/c1-11-17-14(22-18-11)10-19-6-4-12(5-7-19)9-16-15(20)13-3-2-8-21-13/h2-3,8,12H,4-7,9-10H2,1H3,(H,16,20). The molecule has 0 bridgehead atoms. The van der Waals surface area contributed by atoms with Crippen molar-refractivity contribution in [1.29, 1.82) is 0 Å². The number of carbonyl (C=O) groups is 1. The summed E-state index contributed by atoms with van der Waals surface area (Å²) < 4.78 is 10.2. The van der Waals surface area contributed by atoms with Gasteiger partial charge in [0.25, 0.3) is 5.91 Å². The van der Waals surface area contributed by atoms with Crippen LogP contribution in [-0.2, 0) is 6.54 Å². The number of furan rings is 1. The Bertz CT molecular complexity index is 600. The van der Waals surface area contributed by atoms with Gasteiger partial charge in [0.1, 0.15) is 0 Å². The van der Waals surface area contributed by atoms with Crippen molar-refractivity contribution in [2.45, 2.75) is 26.3 Å². The van der Waals surface area contributed by atoms with Gasteiger partial charge in [0.15, 0.2) is 11.6 Å². The summed E-state index contributed by atoms with van der Waals surface area (Å²) in [6, 6.07) is 3.39. The fourth-order valence-electron chi connectivity index (χ4n) is 2.68. The van der Waals surface area contributed by atoms with Crippen molar-refractivity contribution in [3.63, 3.8) is 0 Å². The van der Waals surface area contributed by atoms with Gasteiger partial charge in [-0.3, -0.25) is 9.69 Å². The van der Waals surface area contributed by atoms with Crippen LogP contribution in [-0.4, -0.2) is 40.6 Å². The van der Waals surface area contributed by atoms with E-state index in [9.17, 15) is 4.79 Å². The molecule has 7 heteroatoms. The minimum absolute atomic E-state index is 0.145. The Morgan fingerprint density at radius 3 is 2.91 bits per heavy atom. The van der Waals surface area contributed by atoms with Gasteiger partial charge in [-0.2, -0.15) is 4.98 Å². The highest BCUT2D eigenvalue weighted by Gasteiger charge is 2.21. The lowest BCUT2D eigenvalue weighted by molar-refractivity contribution is 0.0906. The Kier molecular flexibility index (Phi) is 4.53. The third-order valence-corrected chi connectivity index (χ3v) is 3.93. The third kappa shape index (κ3) is 3.73. The highest BCUT2D eigenvalue weighted by atomic mass is 16.5. The van der Waals surface area contributed by atoms with Crippen LogP contribution in [0.3, 0.4) is 0 Å². The monoisotopic (exact) mass is 304 g/mol. The van der Waals surface area contributed by atoms with Crippen LogP contribution in [0.2, 0.25) is 0 Å². The van der Waals surface area contributed by atoms with Crippen LogP contribution >= 0.6 is 0 Å². The van der Waals surface area contributed by atoms with Crippen LogP contribution in [0.5, 0.6) is 0 Å². The average Bonchev–Trinajstić information content (AvgIpc) is 3.18. The summed E-state index contributed by atoms with van der Waals surface area (Å²) in [5.41, 5.74) is 0. The number of hydrogen-bond donors (Lipinski definition) is 1. The minimum atomic E-state index is -0.145. The van der Waals surface area contributed by atoms with Gasteiger partial charge in [-0.25, -0.2) is 0 Å². The summed E-state index contributed by atoms with van der Waals surface area (Å²) >= 11 is 0. The summed E-state index contributed by atoms with van der Waals surface area (Å²) in [4.78, 5) is 18.3. The van der Waals surface area contributed by atoms with E-state index >= 15 is 0 Å². The van der Waals surface area contributed by atoms with Gasteiger partial charge in [0.2, 0.25) is 5.89 Å². The molecule has 0 atom stereocenters. The molecule has 0 spiro atoms. The summed E-state index contributed by atoms with van der Waals surface area (Å²) in [7, 11) is 0. The van der Waals surface area contributed by atoms with Crippen molar-refractivity contribution in [2.24, 2.45) is 5.92 Å². The Labute approximate surface area is 128 Å². The van der Waals surface area contributed by atoms with Gasteiger partial charge in [-0.15, -0.1) is 0 Å². The first-order chi connectivity index (χ1) is 10.7. The molecule has 0 saturated carbocycles. The maximum Gasteiger partial charge on any atom is 0.286 e. The topological polar surface area (TPSA) is 84.4 Å². The molecular formula is C15H20N4O3. The van der Waals surface area contributed by atoms with Crippen molar-refractivity contribution >= 4 is 5.91 Å². The number of piperidine rings is 1. The number of aryl methyl sites for hydroxylation is 1. The summed E-state index contributed by atoms with van der Waals surface area (Å²) in [5, 5.41) is 6.73. The van der Waals surface area contributed by atoms with Gasteiger partial charge < -0.3 is 14.3 Å². The smallest absolute Gasteiger partial charge is 0.286 e. The lowest BCUT2D eigenvalue weighted by Gasteiger charge is -2.30. The molecule has 1 aliphatic heterocycles. The van der Waals surface area contributed by atoms with Crippen molar-refractivity contribution in [2.75, 3.05) is 19.6 Å². The molecule has 0 aromatic carbocycles. The Morgan fingerprint density at radius 1 is 1.45 bits per heavy atom. The minimum Gasteiger partial charge on any atom is -0.459 e. The molecule has 2 aromatic heterocycles. The van der Waals surface area contributed by atoms with Crippen molar-refractivity contribution in [3.05, 3.63) is 35.9 Å². The normalized spacial score (nSPS) is 16.8. The van der Waals surface area contributed by atoms with Crippen LogP contribution in [0.1, 0.15) is 35.1 Å². The second-order valence-electron chi connectivity index (χ2n) is 5.64. The summed E-state index contributed by atoms with van der Waals surface area (Å²) in [5.74, 6) is 2.06. The average molecular weight is 304 g/mol. The van der Waals surface area contributed by atoms with Gasteiger partial charge in [0.05, 0.1) is 12.8 Å². The highest BCUT2D eigenvalue weighted by molar-refractivity contribution is 5.91. The number of carbonyl (C=O) groups excluding carboxylic acids is 1. The highest BCUT2D eigenvalue weighted by Crippen LogP contribution is 2.18. The molecule has 7 nitrogen and oxygen atoms in total. The third-order valence-electron chi connectivity index (χ3n) is 3.93. The van der Waals surface area contributed by atoms with Gasteiger partial charge in [-0.05, 0) is 50.9 Å². The van der Waals surface area contributed by atoms with Crippen LogP contribution in [0.4, 0.5) is 0 Å². The quantitative estimate of drug-likeness (QED) is 0.903. The molecule has 118 valence electrons. The molecule has 22 heavy (non-hydrogen) atoms. The lowest BCUT2D eigenvalue weighted by Crippen LogP contribution is -2.38. The van der Waals surface area contributed by atoms with E-state index in [0.717, 1.165) is 25.9 Å². The van der Waals surface area contributed by atoms with Gasteiger partial charge in [0, 0.05) is 6.54 Å². The first kappa shape index (κ1) is 14.8. The van der Waals surface area contributed by atoms with Crippen LogP contribution in [0.15, 0.2) is 27.3 Å². The molecule has 0 radical (unpaired) electrons. The predicted molar refractivity (Wildman–Crippen MR) is 78.1 cm³/mol. The van der Waals surface area contributed by atoms with Crippen molar-refractivity contribution in [3.8, 4) is 0 Å². The molecule has 3 heterocycles. The summed E-state index contributed by atoms with van der Waals surface area (Å²) in [6.07, 6.45) is 3.60. The zero-order valence-electron chi connectivity index (χ0n) is 12.6. The molecule has 1 aliphatic rings. The van der Waals surface area contributed by atoms with E-state index < -0.39 is 0 Å². The lowest BCUT2D eigenvalue weighted by atomic mass is 9.97. The number of aromatic nitrogens is 2. The molecule has 0 unspecified atom stereocenters. The van der Waals surface area contributed by atoms with E-state index in [1.54, 1.807) is 12.1 Å². The molecule has 1 fully saturated rings. The fourth-order valence-corrected chi connectivity index (χ4v) is 2.68. The van der Waals surface area contributed by atoms with E-state index in [-0.39, 0.29) is 5.91 Å². The number of rotatable bonds is 5. The van der Waals surface area contributed by atoms with E-state index in [2.05, 4.69) is 20.4 Å². The van der Waals surface area contributed by atoms with Crippen molar-refractivity contribution in [1.82, 2.24) is 20.4 Å². The maximum atomic E-state index is 11.8. The molecule has 1 N–H and O–H groups in total. The number of likely N-dealkylation sites (tertiary alicyclic amines) is 1. The maximum absolute atomic E-state index is 11.8. The SMILES string of the molecule is Cc1noc(CN2CCC(CNC(=O)c3ccco3)CC2)n1. The van der Waals surface area contributed by atoms with E-state index in [0.29, 0.717) is 36.5 Å². The second kappa shape index (κ2) is 6.74. The van der Waals surface area contributed by atoms with Crippen LogP contribution < -0.4 is 5.32 Å². The molecule has 1 amide bonds. The number of amides is 1. The Hall–Kier alpha value is -2.15. The first-order valence-corrected chi connectivity index (χ1v) is 7.54. The number of nitrogens with zero attached hydrogens (tertiary/aromatic N) is 3. The number of nitrogens with one attached hydrogen (secondary N) is 1. The van der Waals surface area contributed by atoms with Crippen LogP contribution in [0.25, 0.3) is 0 Å². The van der Waals surface area contributed by atoms with Gasteiger partial charge in [-0.1, -0.05) is 5.16 Å². The second-order valence-corrected chi connectivity index (χ2v) is 5.64. The zero-order chi connectivity index (χ0) is 15.4. The molecule has 2 aromatic rings. The van der Waals surface area contributed by atoms with Crippen LogP contribution in [0, 0.1) is 12.8 Å². The first-order valence-electron chi connectivity index (χ1n) is 7.54.